The van der Waals surface area contributed by atoms with E-state index in [0.29, 0.717) is 18.7 Å². The van der Waals surface area contributed by atoms with E-state index in [2.05, 4.69) is 5.32 Å². The van der Waals surface area contributed by atoms with Crippen LogP contribution in [0.2, 0.25) is 0 Å². The van der Waals surface area contributed by atoms with Gasteiger partial charge in [-0.3, -0.25) is 4.79 Å². The first-order valence-corrected chi connectivity index (χ1v) is 6.12. The number of ether oxygens (including phenoxy) is 1. The highest BCUT2D eigenvalue weighted by atomic mass is 19.1. The molecular formula is C14H20FNO2. The maximum Gasteiger partial charge on any atom is 0.309 e. The predicted molar refractivity (Wildman–Crippen MR) is 68.6 cm³/mol. The zero-order valence-electron chi connectivity index (χ0n) is 11.1. The van der Waals surface area contributed by atoms with Gasteiger partial charge in [0.1, 0.15) is 5.82 Å². The molecule has 1 unspecified atom stereocenters. The molecule has 0 heterocycles. The number of methoxy groups -OCH3 is 1. The maximum absolute atomic E-state index is 13.1. The normalized spacial score (nSPS) is 12.2. The van der Waals surface area contributed by atoms with Gasteiger partial charge in [-0.25, -0.2) is 4.39 Å². The van der Waals surface area contributed by atoms with Crippen molar-refractivity contribution >= 4 is 5.97 Å². The van der Waals surface area contributed by atoms with Crippen LogP contribution in [-0.2, 0) is 16.1 Å². The Hall–Kier alpha value is -1.42. The molecule has 1 atom stereocenters. The van der Waals surface area contributed by atoms with Crippen LogP contribution >= 0.6 is 0 Å². The Morgan fingerprint density at radius 1 is 1.50 bits per heavy atom. The van der Waals surface area contributed by atoms with Crippen LogP contribution in [0.4, 0.5) is 4.39 Å². The van der Waals surface area contributed by atoms with Crippen molar-refractivity contribution in [3.8, 4) is 0 Å². The highest BCUT2D eigenvalue weighted by molar-refractivity contribution is 5.72. The minimum atomic E-state index is -0.195. The molecule has 0 aliphatic carbocycles. The number of carbonyl (C=O) groups excluding carboxylic acids is 1. The lowest BCUT2D eigenvalue weighted by Gasteiger charge is -2.13. The summed E-state index contributed by atoms with van der Waals surface area (Å²) in [5.74, 6) is -0.517. The number of hydrogen-bond donors (Lipinski definition) is 1. The molecule has 0 fully saturated rings. The molecule has 0 amide bonds. The summed E-state index contributed by atoms with van der Waals surface area (Å²) in [4.78, 5) is 11.4. The Kier molecular flexibility index (Phi) is 5.78. The second-order valence-electron chi connectivity index (χ2n) is 4.34. The second-order valence-corrected chi connectivity index (χ2v) is 4.34. The van der Waals surface area contributed by atoms with Gasteiger partial charge in [0.2, 0.25) is 0 Å². The van der Waals surface area contributed by atoms with Crippen LogP contribution in [0.5, 0.6) is 0 Å². The van der Waals surface area contributed by atoms with Gasteiger partial charge in [-0.2, -0.15) is 0 Å². The molecule has 1 N–H and O–H groups in total. The number of rotatable bonds is 6. The summed E-state index contributed by atoms with van der Waals surface area (Å²) in [7, 11) is 1.40. The van der Waals surface area contributed by atoms with Gasteiger partial charge in [0.25, 0.3) is 0 Å². The molecule has 1 aromatic carbocycles. The first kappa shape index (κ1) is 14.6. The summed E-state index contributed by atoms with van der Waals surface area (Å²) in [6, 6.07) is 5.01. The standard InChI is InChI=1S/C14H20FNO2/c1-4-12(14(17)18-3)9-16-8-11-5-6-13(15)10(2)7-11/h5-7,12,16H,4,8-9H2,1-3H3. The molecule has 4 heteroatoms. The molecule has 0 saturated carbocycles. The van der Waals surface area contributed by atoms with Gasteiger partial charge in [-0.15, -0.1) is 0 Å². The van der Waals surface area contributed by atoms with Crippen LogP contribution in [0.25, 0.3) is 0 Å². The number of aryl methyl sites for hydroxylation is 1. The molecule has 1 aromatic rings. The van der Waals surface area contributed by atoms with Crippen LogP contribution in [0.3, 0.4) is 0 Å². The van der Waals surface area contributed by atoms with Crippen molar-refractivity contribution in [2.24, 2.45) is 5.92 Å². The first-order valence-electron chi connectivity index (χ1n) is 6.12. The molecule has 0 bridgehead atoms. The van der Waals surface area contributed by atoms with Crippen LogP contribution in [0, 0.1) is 18.7 Å². The highest BCUT2D eigenvalue weighted by Crippen LogP contribution is 2.09. The third kappa shape index (κ3) is 4.11. The van der Waals surface area contributed by atoms with Crippen LogP contribution in [0.15, 0.2) is 18.2 Å². The largest absolute Gasteiger partial charge is 0.469 e. The van der Waals surface area contributed by atoms with Gasteiger partial charge >= 0.3 is 5.97 Å². The molecule has 100 valence electrons. The van der Waals surface area contributed by atoms with E-state index in [4.69, 9.17) is 4.74 Å². The van der Waals surface area contributed by atoms with E-state index < -0.39 is 0 Å². The van der Waals surface area contributed by atoms with Crippen molar-refractivity contribution < 1.29 is 13.9 Å². The number of esters is 1. The second kappa shape index (κ2) is 7.11. The van der Waals surface area contributed by atoms with Crippen molar-refractivity contribution in [1.29, 1.82) is 0 Å². The zero-order valence-corrected chi connectivity index (χ0v) is 11.1. The third-order valence-electron chi connectivity index (χ3n) is 2.97. The molecular weight excluding hydrogens is 233 g/mol. The molecule has 0 radical (unpaired) electrons. The SMILES string of the molecule is CCC(CNCc1ccc(F)c(C)c1)C(=O)OC. The Labute approximate surface area is 107 Å². The smallest absolute Gasteiger partial charge is 0.309 e. The topological polar surface area (TPSA) is 38.3 Å². The van der Waals surface area contributed by atoms with E-state index in [1.807, 2.05) is 6.92 Å². The average Bonchev–Trinajstić information content (AvgIpc) is 2.38. The monoisotopic (exact) mass is 253 g/mol. The molecule has 0 spiro atoms. The average molecular weight is 253 g/mol. The Morgan fingerprint density at radius 3 is 2.78 bits per heavy atom. The van der Waals surface area contributed by atoms with Crippen LogP contribution in [-0.4, -0.2) is 19.6 Å². The van der Waals surface area contributed by atoms with E-state index in [1.54, 1.807) is 19.1 Å². The van der Waals surface area contributed by atoms with E-state index in [-0.39, 0.29) is 17.7 Å². The highest BCUT2D eigenvalue weighted by Gasteiger charge is 2.15. The number of carbonyl (C=O) groups is 1. The molecule has 3 nitrogen and oxygen atoms in total. The van der Waals surface area contributed by atoms with Crippen molar-refractivity contribution in [3.63, 3.8) is 0 Å². The van der Waals surface area contributed by atoms with Crippen molar-refractivity contribution in [1.82, 2.24) is 5.32 Å². The van der Waals surface area contributed by atoms with Gasteiger partial charge < -0.3 is 10.1 Å². The molecule has 0 aromatic heterocycles. The molecule has 18 heavy (non-hydrogen) atoms. The summed E-state index contributed by atoms with van der Waals surface area (Å²) in [5.41, 5.74) is 1.64. The molecule has 1 rings (SSSR count). The Balaban J connectivity index is 2.45. The lowest BCUT2D eigenvalue weighted by atomic mass is 10.1. The maximum atomic E-state index is 13.1. The van der Waals surface area contributed by atoms with Crippen LogP contribution in [0.1, 0.15) is 24.5 Å². The number of nitrogens with one attached hydrogen (secondary N) is 1. The molecule has 0 aliphatic rings. The predicted octanol–water partition coefficient (Wildman–Crippen LogP) is 2.42. The van der Waals surface area contributed by atoms with Gasteiger partial charge in [0.05, 0.1) is 13.0 Å². The lowest BCUT2D eigenvalue weighted by Crippen LogP contribution is -2.28. The minimum absolute atomic E-state index is 0.128. The summed E-state index contributed by atoms with van der Waals surface area (Å²) < 4.78 is 17.8. The minimum Gasteiger partial charge on any atom is -0.469 e. The van der Waals surface area contributed by atoms with E-state index in [1.165, 1.54) is 13.2 Å². The summed E-state index contributed by atoms with van der Waals surface area (Å²) >= 11 is 0. The van der Waals surface area contributed by atoms with Crippen molar-refractivity contribution in [2.45, 2.75) is 26.8 Å². The van der Waals surface area contributed by atoms with Crippen molar-refractivity contribution in [3.05, 3.63) is 35.1 Å². The van der Waals surface area contributed by atoms with Crippen LogP contribution < -0.4 is 5.32 Å². The van der Waals surface area contributed by atoms with Gasteiger partial charge in [0.15, 0.2) is 0 Å². The van der Waals surface area contributed by atoms with Gasteiger partial charge in [-0.05, 0) is 30.5 Å². The summed E-state index contributed by atoms with van der Waals surface area (Å²) in [6.45, 7) is 4.88. The molecule has 0 aliphatic heterocycles. The van der Waals surface area contributed by atoms with Gasteiger partial charge in [0, 0.05) is 13.1 Å². The Morgan fingerprint density at radius 2 is 2.22 bits per heavy atom. The fourth-order valence-electron chi connectivity index (χ4n) is 1.77. The quantitative estimate of drug-likeness (QED) is 0.791. The zero-order chi connectivity index (χ0) is 13.5. The number of benzene rings is 1. The fourth-order valence-corrected chi connectivity index (χ4v) is 1.77. The van der Waals surface area contributed by atoms with Crippen molar-refractivity contribution in [2.75, 3.05) is 13.7 Å². The summed E-state index contributed by atoms with van der Waals surface area (Å²) in [6.07, 6.45) is 0.738. The molecule has 0 saturated heterocycles. The lowest BCUT2D eigenvalue weighted by molar-refractivity contribution is -0.145. The van der Waals surface area contributed by atoms with E-state index >= 15 is 0 Å². The fraction of sp³-hybridized carbons (Fsp3) is 0.500. The first-order chi connectivity index (χ1) is 8.58. The van der Waals surface area contributed by atoms with E-state index in [9.17, 15) is 9.18 Å². The third-order valence-corrected chi connectivity index (χ3v) is 2.97. The number of hydrogen-bond acceptors (Lipinski definition) is 3. The number of halogens is 1. The van der Waals surface area contributed by atoms with E-state index in [0.717, 1.165) is 12.0 Å². The summed E-state index contributed by atoms with van der Waals surface area (Å²) in [5, 5.41) is 3.19. The van der Waals surface area contributed by atoms with Gasteiger partial charge in [-0.1, -0.05) is 19.1 Å². The Bertz CT molecular complexity index is 407.